The highest BCUT2D eigenvalue weighted by atomic mass is 35.5. The summed E-state index contributed by atoms with van der Waals surface area (Å²) in [6, 6.07) is 14.9. The first kappa shape index (κ1) is 16.0. The van der Waals surface area contributed by atoms with Gasteiger partial charge in [0.15, 0.2) is 0 Å². The van der Waals surface area contributed by atoms with Gasteiger partial charge in [0.1, 0.15) is 0 Å². The number of nitrogens with one attached hydrogen (secondary N) is 2. The molecule has 0 saturated carbocycles. The molecule has 0 atom stereocenters. The molecule has 0 aliphatic heterocycles. The fraction of sp³-hybridized carbons (Fsp3) is 0.0556. The van der Waals surface area contributed by atoms with Crippen molar-refractivity contribution in [3.05, 3.63) is 77.1 Å². The van der Waals surface area contributed by atoms with E-state index in [-0.39, 0.29) is 5.91 Å². The third-order valence-corrected chi connectivity index (χ3v) is 3.76. The number of amides is 1. The number of nitrogens with zero attached hydrogens (tertiary/aromatic N) is 2. The Hall–Kier alpha value is -2.92. The van der Waals surface area contributed by atoms with Crippen LogP contribution in [0.15, 0.2) is 60.9 Å². The van der Waals surface area contributed by atoms with Crippen molar-refractivity contribution in [1.82, 2.24) is 9.97 Å². The lowest BCUT2D eigenvalue weighted by Gasteiger charge is -2.09. The van der Waals surface area contributed by atoms with Crippen molar-refractivity contribution in [3.63, 3.8) is 0 Å². The lowest BCUT2D eigenvalue weighted by atomic mass is 10.2. The van der Waals surface area contributed by atoms with E-state index >= 15 is 0 Å². The van der Waals surface area contributed by atoms with Gasteiger partial charge in [-0.05, 0) is 30.7 Å². The molecule has 0 radical (unpaired) electrons. The second-order valence-corrected chi connectivity index (χ2v) is 5.58. The number of aryl methyl sites for hydroxylation is 1. The van der Waals surface area contributed by atoms with Gasteiger partial charge in [-0.2, -0.15) is 0 Å². The molecule has 0 unspecified atom stereocenters. The van der Waals surface area contributed by atoms with Gasteiger partial charge in [-0.15, -0.1) is 0 Å². The van der Waals surface area contributed by atoms with Gasteiger partial charge in [0.25, 0.3) is 5.91 Å². The summed E-state index contributed by atoms with van der Waals surface area (Å²) in [4.78, 5) is 20.6. The number of rotatable bonds is 4. The van der Waals surface area contributed by atoms with Crippen molar-refractivity contribution < 1.29 is 4.79 Å². The monoisotopic (exact) mass is 338 g/mol. The SMILES string of the molecule is Cc1ccccc1Nc1ncc(C(=O)Nc2ccccc2Cl)cn1. The summed E-state index contributed by atoms with van der Waals surface area (Å²) in [7, 11) is 0. The van der Waals surface area contributed by atoms with E-state index in [4.69, 9.17) is 11.6 Å². The van der Waals surface area contributed by atoms with Gasteiger partial charge in [-0.3, -0.25) is 4.79 Å². The zero-order valence-electron chi connectivity index (χ0n) is 13.0. The van der Waals surface area contributed by atoms with Gasteiger partial charge in [0.2, 0.25) is 5.95 Å². The molecular formula is C18H15ClN4O. The van der Waals surface area contributed by atoms with Crippen molar-refractivity contribution >= 4 is 34.8 Å². The minimum atomic E-state index is -0.314. The molecule has 120 valence electrons. The van der Waals surface area contributed by atoms with Crippen LogP contribution in [-0.4, -0.2) is 15.9 Å². The minimum absolute atomic E-state index is 0.314. The van der Waals surface area contributed by atoms with Crippen LogP contribution >= 0.6 is 11.6 Å². The van der Waals surface area contributed by atoms with E-state index in [9.17, 15) is 4.79 Å². The predicted molar refractivity (Wildman–Crippen MR) is 95.9 cm³/mol. The molecule has 1 heterocycles. The Morgan fingerprint density at radius 2 is 1.58 bits per heavy atom. The van der Waals surface area contributed by atoms with Crippen LogP contribution in [0, 0.1) is 6.92 Å². The highest BCUT2D eigenvalue weighted by Gasteiger charge is 2.10. The van der Waals surface area contributed by atoms with Crippen LogP contribution < -0.4 is 10.6 Å². The Balaban J connectivity index is 1.71. The molecule has 2 aromatic carbocycles. The van der Waals surface area contributed by atoms with Crippen LogP contribution in [0.3, 0.4) is 0 Å². The van der Waals surface area contributed by atoms with Crippen LogP contribution in [0.4, 0.5) is 17.3 Å². The number of carbonyl (C=O) groups is 1. The van der Waals surface area contributed by atoms with Crippen molar-refractivity contribution in [1.29, 1.82) is 0 Å². The highest BCUT2D eigenvalue weighted by Crippen LogP contribution is 2.21. The van der Waals surface area contributed by atoms with E-state index in [0.29, 0.717) is 22.2 Å². The van der Waals surface area contributed by atoms with Crippen molar-refractivity contribution in [2.75, 3.05) is 10.6 Å². The molecule has 0 aliphatic rings. The highest BCUT2D eigenvalue weighted by molar-refractivity contribution is 6.33. The quantitative estimate of drug-likeness (QED) is 0.738. The van der Waals surface area contributed by atoms with Crippen molar-refractivity contribution in [3.8, 4) is 0 Å². The summed E-state index contributed by atoms with van der Waals surface area (Å²) >= 11 is 6.03. The van der Waals surface area contributed by atoms with Crippen molar-refractivity contribution in [2.45, 2.75) is 6.92 Å². The maximum absolute atomic E-state index is 12.2. The van der Waals surface area contributed by atoms with E-state index in [0.717, 1.165) is 11.3 Å². The lowest BCUT2D eigenvalue weighted by Crippen LogP contribution is -2.13. The first-order valence-corrected chi connectivity index (χ1v) is 7.72. The van der Waals surface area contributed by atoms with E-state index in [1.807, 2.05) is 31.2 Å². The molecular weight excluding hydrogens is 324 g/mol. The summed E-state index contributed by atoms with van der Waals surface area (Å²) in [5, 5.41) is 6.33. The first-order valence-electron chi connectivity index (χ1n) is 7.34. The van der Waals surface area contributed by atoms with Gasteiger partial charge >= 0.3 is 0 Å². The predicted octanol–water partition coefficient (Wildman–Crippen LogP) is 4.43. The summed E-state index contributed by atoms with van der Waals surface area (Å²) in [6.07, 6.45) is 2.94. The number of aromatic nitrogens is 2. The molecule has 2 N–H and O–H groups in total. The molecule has 0 spiro atoms. The second kappa shape index (κ2) is 7.10. The number of anilines is 3. The molecule has 5 nitrogen and oxygen atoms in total. The molecule has 0 aliphatic carbocycles. The van der Waals surface area contributed by atoms with Crippen LogP contribution in [0.25, 0.3) is 0 Å². The van der Waals surface area contributed by atoms with Gasteiger partial charge in [0.05, 0.1) is 16.3 Å². The zero-order valence-corrected chi connectivity index (χ0v) is 13.7. The maximum atomic E-state index is 12.2. The Labute approximate surface area is 144 Å². The number of benzene rings is 2. The first-order chi connectivity index (χ1) is 11.6. The largest absolute Gasteiger partial charge is 0.324 e. The number of carbonyl (C=O) groups excluding carboxylic acids is 1. The summed E-state index contributed by atoms with van der Waals surface area (Å²) in [6.45, 7) is 1.99. The minimum Gasteiger partial charge on any atom is -0.324 e. The van der Waals surface area contributed by atoms with Gasteiger partial charge in [-0.25, -0.2) is 9.97 Å². The standard InChI is InChI=1S/C18H15ClN4O/c1-12-6-2-4-8-15(12)23-18-20-10-13(11-21-18)17(24)22-16-9-5-3-7-14(16)19/h2-11H,1H3,(H,22,24)(H,20,21,23). The fourth-order valence-electron chi connectivity index (χ4n) is 2.10. The molecule has 1 amide bonds. The third-order valence-electron chi connectivity index (χ3n) is 3.43. The summed E-state index contributed by atoms with van der Waals surface area (Å²) < 4.78 is 0. The molecule has 24 heavy (non-hydrogen) atoms. The fourth-order valence-corrected chi connectivity index (χ4v) is 2.28. The molecule has 3 rings (SSSR count). The molecule has 0 fully saturated rings. The number of hydrogen-bond acceptors (Lipinski definition) is 4. The van der Waals surface area contributed by atoms with E-state index in [2.05, 4.69) is 20.6 Å². The maximum Gasteiger partial charge on any atom is 0.258 e. The Bertz CT molecular complexity index is 865. The average molecular weight is 339 g/mol. The number of halogens is 1. The zero-order chi connectivity index (χ0) is 16.9. The molecule has 0 bridgehead atoms. The van der Waals surface area contributed by atoms with Crippen molar-refractivity contribution in [2.24, 2.45) is 0 Å². The van der Waals surface area contributed by atoms with E-state index in [1.54, 1.807) is 24.3 Å². The van der Waals surface area contributed by atoms with Crippen LogP contribution in [-0.2, 0) is 0 Å². The molecule has 6 heteroatoms. The number of hydrogen-bond donors (Lipinski definition) is 2. The normalized spacial score (nSPS) is 10.2. The molecule has 3 aromatic rings. The molecule has 0 saturated heterocycles. The van der Waals surface area contributed by atoms with Crippen LogP contribution in [0.5, 0.6) is 0 Å². The van der Waals surface area contributed by atoms with E-state index < -0.39 is 0 Å². The lowest BCUT2D eigenvalue weighted by molar-refractivity contribution is 0.102. The smallest absolute Gasteiger partial charge is 0.258 e. The third kappa shape index (κ3) is 3.70. The Morgan fingerprint density at radius 1 is 0.958 bits per heavy atom. The van der Waals surface area contributed by atoms with Crippen LogP contribution in [0.2, 0.25) is 5.02 Å². The average Bonchev–Trinajstić information content (AvgIpc) is 2.59. The second-order valence-electron chi connectivity index (χ2n) is 5.17. The van der Waals surface area contributed by atoms with Gasteiger partial charge in [0, 0.05) is 18.1 Å². The number of para-hydroxylation sites is 2. The Kier molecular flexibility index (Phi) is 4.72. The van der Waals surface area contributed by atoms with Gasteiger partial charge < -0.3 is 10.6 Å². The topological polar surface area (TPSA) is 66.9 Å². The van der Waals surface area contributed by atoms with E-state index in [1.165, 1.54) is 12.4 Å². The van der Waals surface area contributed by atoms with Gasteiger partial charge in [-0.1, -0.05) is 41.9 Å². The van der Waals surface area contributed by atoms with Crippen LogP contribution in [0.1, 0.15) is 15.9 Å². The summed E-state index contributed by atoms with van der Waals surface area (Å²) in [5.41, 5.74) is 2.91. The summed E-state index contributed by atoms with van der Waals surface area (Å²) in [5.74, 6) is 0.115. The Morgan fingerprint density at radius 3 is 2.25 bits per heavy atom. The molecule has 1 aromatic heterocycles.